The topological polar surface area (TPSA) is 92.9 Å². The zero-order valence-electron chi connectivity index (χ0n) is 18.5. The Hall–Kier alpha value is -3.49. The highest BCUT2D eigenvalue weighted by molar-refractivity contribution is 5.81. The first-order chi connectivity index (χ1) is 15.6. The number of carbonyl (C=O) groups is 2. The number of piperazine rings is 1. The van der Waals surface area contributed by atoms with Gasteiger partial charge in [-0.15, -0.1) is 0 Å². The number of fused-ring (bicyclic) bond motifs is 1. The van der Waals surface area contributed by atoms with E-state index in [9.17, 15) is 9.59 Å². The number of carbonyl (C=O) groups excluding carboxylic acids is 2. The van der Waals surface area contributed by atoms with Crippen molar-refractivity contribution in [2.24, 2.45) is 0 Å². The van der Waals surface area contributed by atoms with Crippen molar-refractivity contribution in [1.82, 2.24) is 24.5 Å². The zero-order chi connectivity index (χ0) is 22.5. The second kappa shape index (κ2) is 9.76. The van der Waals surface area contributed by atoms with Crippen molar-refractivity contribution in [1.29, 1.82) is 0 Å². The molecule has 1 aromatic carbocycles. The van der Waals surface area contributed by atoms with Crippen LogP contribution in [0.2, 0.25) is 0 Å². The van der Waals surface area contributed by atoms with E-state index >= 15 is 0 Å². The van der Waals surface area contributed by atoms with Crippen LogP contribution in [0.1, 0.15) is 36.6 Å². The molecule has 0 radical (unpaired) electrons. The summed E-state index contributed by atoms with van der Waals surface area (Å²) in [6.45, 7) is 6.62. The van der Waals surface area contributed by atoms with Crippen LogP contribution in [0.15, 0.2) is 36.7 Å². The lowest BCUT2D eigenvalue weighted by molar-refractivity contribution is -0.145. The first kappa shape index (κ1) is 21.7. The van der Waals surface area contributed by atoms with Crippen LogP contribution >= 0.6 is 0 Å². The van der Waals surface area contributed by atoms with Crippen molar-refractivity contribution in [2.75, 3.05) is 37.7 Å². The van der Waals surface area contributed by atoms with E-state index in [1.807, 2.05) is 30.0 Å². The Morgan fingerprint density at radius 3 is 2.53 bits per heavy atom. The van der Waals surface area contributed by atoms with Crippen LogP contribution in [0.3, 0.4) is 0 Å². The molecule has 0 atom stereocenters. The largest absolute Gasteiger partial charge is 0.466 e. The standard InChI is InChI=1S/C23H28N6O3/c1-3-32-21(31)10-9-20(30)27-11-13-28(14-12-27)22-19(15-18-7-5-4-6-8-18)17(2)26-23-24-16-25-29(22)23/h4-8,16H,3,9-15H2,1-2H3. The predicted octanol–water partition coefficient (Wildman–Crippen LogP) is 2.02. The van der Waals surface area contributed by atoms with Gasteiger partial charge in [-0.05, 0) is 19.4 Å². The average Bonchev–Trinajstić information content (AvgIpc) is 3.27. The Morgan fingerprint density at radius 2 is 1.81 bits per heavy atom. The average molecular weight is 437 g/mol. The van der Waals surface area contributed by atoms with Crippen LogP contribution in [0, 0.1) is 6.92 Å². The molecular weight excluding hydrogens is 408 g/mol. The van der Waals surface area contributed by atoms with E-state index in [0.717, 1.165) is 23.5 Å². The number of hydrogen-bond acceptors (Lipinski definition) is 7. The van der Waals surface area contributed by atoms with Gasteiger partial charge in [-0.25, -0.2) is 4.98 Å². The normalized spacial score (nSPS) is 14.1. The molecule has 1 fully saturated rings. The smallest absolute Gasteiger partial charge is 0.306 e. The molecule has 2 aromatic heterocycles. The first-order valence-corrected chi connectivity index (χ1v) is 11.0. The molecule has 0 aliphatic carbocycles. The van der Waals surface area contributed by atoms with E-state index in [1.165, 1.54) is 11.9 Å². The molecule has 1 amide bonds. The Kier molecular flexibility index (Phi) is 6.63. The Bertz CT molecular complexity index is 1090. The molecule has 3 heterocycles. The van der Waals surface area contributed by atoms with Crippen LogP contribution in [0.25, 0.3) is 5.78 Å². The maximum Gasteiger partial charge on any atom is 0.306 e. The molecule has 0 saturated carbocycles. The van der Waals surface area contributed by atoms with Crippen molar-refractivity contribution in [3.8, 4) is 0 Å². The maximum atomic E-state index is 12.5. The lowest BCUT2D eigenvalue weighted by Gasteiger charge is -2.37. The van der Waals surface area contributed by atoms with Crippen LogP contribution in [-0.4, -0.2) is 69.1 Å². The molecule has 0 N–H and O–H groups in total. The van der Waals surface area contributed by atoms with E-state index in [2.05, 4.69) is 32.1 Å². The first-order valence-electron chi connectivity index (χ1n) is 11.0. The molecule has 9 heteroatoms. The molecule has 4 rings (SSSR count). The molecule has 0 unspecified atom stereocenters. The number of rotatable bonds is 7. The van der Waals surface area contributed by atoms with Gasteiger partial charge in [-0.3, -0.25) is 9.59 Å². The quantitative estimate of drug-likeness (QED) is 0.523. The fraction of sp³-hybridized carbons (Fsp3) is 0.435. The highest BCUT2D eigenvalue weighted by Crippen LogP contribution is 2.27. The van der Waals surface area contributed by atoms with Crippen molar-refractivity contribution < 1.29 is 14.3 Å². The van der Waals surface area contributed by atoms with Gasteiger partial charge in [0.15, 0.2) is 0 Å². The molecule has 168 valence electrons. The van der Waals surface area contributed by atoms with Gasteiger partial charge >= 0.3 is 5.97 Å². The van der Waals surface area contributed by atoms with E-state index in [-0.39, 0.29) is 24.7 Å². The van der Waals surface area contributed by atoms with Gasteiger partial charge in [0.25, 0.3) is 5.78 Å². The van der Waals surface area contributed by atoms with Crippen molar-refractivity contribution >= 4 is 23.5 Å². The lowest BCUT2D eigenvalue weighted by Crippen LogP contribution is -2.49. The van der Waals surface area contributed by atoms with E-state index in [4.69, 9.17) is 4.74 Å². The van der Waals surface area contributed by atoms with Crippen molar-refractivity contribution in [3.63, 3.8) is 0 Å². The number of anilines is 1. The van der Waals surface area contributed by atoms with Crippen molar-refractivity contribution in [2.45, 2.75) is 33.1 Å². The van der Waals surface area contributed by atoms with Crippen LogP contribution in [0.5, 0.6) is 0 Å². The number of aromatic nitrogens is 4. The fourth-order valence-corrected chi connectivity index (χ4v) is 4.07. The number of esters is 1. The van der Waals surface area contributed by atoms with Crippen LogP contribution < -0.4 is 4.90 Å². The van der Waals surface area contributed by atoms with E-state index < -0.39 is 0 Å². The highest BCUT2D eigenvalue weighted by atomic mass is 16.5. The summed E-state index contributed by atoms with van der Waals surface area (Å²) in [5.41, 5.74) is 3.24. The number of ether oxygens (including phenoxy) is 1. The number of hydrogen-bond donors (Lipinski definition) is 0. The second-order valence-corrected chi connectivity index (χ2v) is 7.81. The number of aryl methyl sites for hydroxylation is 1. The highest BCUT2D eigenvalue weighted by Gasteiger charge is 2.26. The fourth-order valence-electron chi connectivity index (χ4n) is 4.07. The van der Waals surface area contributed by atoms with Gasteiger partial charge in [0.05, 0.1) is 13.0 Å². The lowest BCUT2D eigenvalue weighted by atomic mass is 10.0. The molecule has 3 aromatic rings. The molecule has 9 nitrogen and oxygen atoms in total. The van der Waals surface area contributed by atoms with Gasteiger partial charge in [0.1, 0.15) is 12.1 Å². The van der Waals surface area contributed by atoms with E-state index in [0.29, 0.717) is 38.6 Å². The van der Waals surface area contributed by atoms with Gasteiger partial charge in [0, 0.05) is 50.3 Å². The molecule has 0 bridgehead atoms. The van der Waals surface area contributed by atoms with Crippen molar-refractivity contribution in [3.05, 3.63) is 53.5 Å². The number of benzene rings is 1. The van der Waals surface area contributed by atoms with Crippen LogP contribution in [0.4, 0.5) is 5.82 Å². The minimum atomic E-state index is -0.328. The zero-order valence-corrected chi connectivity index (χ0v) is 18.5. The van der Waals surface area contributed by atoms with Gasteiger partial charge in [-0.1, -0.05) is 30.3 Å². The molecule has 0 spiro atoms. The van der Waals surface area contributed by atoms with Gasteiger partial charge in [0.2, 0.25) is 5.91 Å². The third-order valence-electron chi connectivity index (χ3n) is 5.71. The maximum absolute atomic E-state index is 12.5. The number of nitrogens with zero attached hydrogens (tertiary/aromatic N) is 6. The SMILES string of the molecule is CCOC(=O)CCC(=O)N1CCN(c2c(Cc3ccccc3)c(C)nc3ncnn23)CC1. The summed E-state index contributed by atoms with van der Waals surface area (Å²) in [6.07, 6.45) is 2.56. The summed E-state index contributed by atoms with van der Waals surface area (Å²) < 4.78 is 6.72. The minimum Gasteiger partial charge on any atom is -0.466 e. The third-order valence-corrected chi connectivity index (χ3v) is 5.71. The van der Waals surface area contributed by atoms with Gasteiger partial charge in [-0.2, -0.15) is 14.6 Å². The summed E-state index contributed by atoms with van der Waals surface area (Å²) in [7, 11) is 0. The molecular formula is C23H28N6O3. The summed E-state index contributed by atoms with van der Waals surface area (Å²) in [4.78, 5) is 37.1. The van der Waals surface area contributed by atoms with E-state index in [1.54, 1.807) is 11.4 Å². The van der Waals surface area contributed by atoms with Gasteiger partial charge < -0.3 is 14.5 Å². The summed E-state index contributed by atoms with van der Waals surface area (Å²) in [5, 5.41) is 4.43. The molecule has 1 aliphatic heterocycles. The Labute approximate surface area is 187 Å². The second-order valence-electron chi connectivity index (χ2n) is 7.81. The third kappa shape index (κ3) is 4.71. The number of amides is 1. The summed E-state index contributed by atoms with van der Waals surface area (Å²) in [5.74, 6) is 1.21. The minimum absolute atomic E-state index is 0.0148. The monoisotopic (exact) mass is 436 g/mol. The van der Waals surface area contributed by atoms with Crippen LogP contribution in [-0.2, 0) is 20.7 Å². The molecule has 1 aliphatic rings. The Morgan fingerprint density at radius 1 is 1.06 bits per heavy atom. The summed E-state index contributed by atoms with van der Waals surface area (Å²) >= 11 is 0. The predicted molar refractivity (Wildman–Crippen MR) is 119 cm³/mol. The molecule has 1 saturated heterocycles. The summed E-state index contributed by atoms with van der Waals surface area (Å²) in [6, 6.07) is 10.3. The Balaban J connectivity index is 1.51. The molecule has 32 heavy (non-hydrogen) atoms.